The summed E-state index contributed by atoms with van der Waals surface area (Å²) < 4.78 is 0. The first-order valence-electron chi connectivity index (χ1n) is 8.54. The Morgan fingerprint density at radius 2 is 1.25 bits per heavy atom. The second-order valence-corrected chi connectivity index (χ2v) is 4.91. The minimum Gasteiger partial charge on any atom is -0.854 e. The zero-order chi connectivity index (χ0) is 17.9. The van der Waals surface area contributed by atoms with Gasteiger partial charge in [-0.25, -0.2) is 0 Å². The maximum Gasteiger partial charge on any atom is 4.00 e. The molecular formula is C20H32O3Ti. The van der Waals surface area contributed by atoms with Crippen LogP contribution in [0.5, 0.6) is 0 Å². The molecule has 0 unspecified atom stereocenters. The first kappa shape index (κ1) is 28.2. The van der Waals surface area contributed by atoms with Gasteiger partial charge in [0.2, 0.25) is 0 Å². The van der Waals surface area contributed by atoms with Crippen molar-refractivity contribution >= 4 is 10.8 Å². The number of aryl methyl sites for hydroxylation is 1. The van der Waals surface area contributed by atoms with Crippen molar-refractivity contribution in [2.45, 2.75) is 53.4 Å². The molecule has 0 N–H and O–H groups in total. The first-order chi connectivity index (χ1) is 11.2. The minimum absolute atomic E-state index is 0. The van der Waals surface area contributed by atoms with Crippen molar-refractivity contribution in [2.24, 2.45) is 0 Å². The molecule has 0 radical (unpaired) electrons. The van der Waals surface area contributed by atoms with Crippen molar-refractivity contribution in [2.75, 3.05) is 19.8 Å². The van der Waals surface area contributed by atoms with E-state index in [1.807, 2.05) is 20.8 Å². The standard InChI is InChI=1S/C11H11.3C3H7O.Ti/c1-2-9-5-3-6-10-7-4-8-11(9)10;3*1-2-3-4;/h3-8H,2H2,1H3;3*2-3H2,1H3;/q4*-1;+4. The van der Waals surface area contributed by atoms with Gasteiger partial charge in [-0.1, -0.05) is 58.6 Å². The average molecular weight is 368 g/mol. The predicted octanol–water partition coefficient (Wildman–Crippen LogP) is 2.39. The van der Waals surface area contributed by atoms with Gasteiger partial charge in [0.25, 0.3) is 0 Å². The van der Waals surface area contributed by atoms with Crippen molar-refractivity contribution in [3.63, 3.8) is 0 Å². The van der Waals surface area contributed by atoms with E-state index < -0.39 is 0 Å². The summed E-state index contributed by atoms with van der Waals surface area (Å²) in [6.07, 6.45) is 3.42. The van der Waals surface area contributed by atoms with Gasteiger partial charge in [-0.05, 0) is 6.42 Å². The summed E-state index contributed by atoms with van der Waals surface area (Å²) in [5, 5.41) is 30.7. The van der Waals surface area contributed by atoms with E-state index in [1.54, 1.807) is 0 Å². The summed E-state index contributed by atoms with van der Waals surface area (Å²) in [6, 6.07) is 12.9. The van der Waals surface area contributed by atoms with Gasteiger partial charge in [0.1, 0.15) is 0 Å². The molecule has 0 saturated carbocycles. The normalized spacial score (nSPS) is 8.62. The van der Waals surface area contributed by atoms with Gasteiger partial charge in [-0.15, -0.1) is 48.8 Å². The zero-order valence-electron chi connectivity index (χ0n) is 15.6. The van der Waals surface area contributed by atoms with Crippen LogP contribution in [0.25, 0.3) is 10.8 Å². The van der Waals surface area contributed by atoms with E-state index in [0.717, 1.165) is 25.7 Å². The molecule has 4 heteroatoms. The zero-order valence-corrected chi connectivity index (χ0v) is 17.2. The summed E-state index contributed by atoms with van der Waals surface area (Å²) >= 11 is 0. The van der Waals surface area contributed by atoms with Crippen molar-refractivity contribution in [3.8, 4) is 0 Å². The molecule has 2 aromatic rings. The van der Waals surface area contributed by atoms with Crippen LogP contribution in [0.1, 0.15) is 52.5 Å². The average Bonchev–Trinajstić information content (AvgIpc) is 3.11. The number of benzene rings is 1. The van der Waals surface area contributed by atoms with Gasteiger partial charge in [0.15, 0.2) is 0 Å². The summed E-state index contributed by atoms with van der Waals surface area (Å²) in [7, 11) is 0. The number of hydrogen-bond acceptors (Lipinski definition) is 3. The summed E-state index contributed by atoms with van der Waals surface area (Å²) in [6.45, 7) is 8.01. The smallest absolute Gasteiger partial charge is 0.854 e. The van der Waals surface area contributed by atoms with E-state index in [2.05, 4.69) is 43.3 Å². The Bertz CT molecular complexity index is 439. The Morgan fingerprint density at radius 3 is 1.62 bits per heavy atom. The van der Waals surface area contributed by atoms with Crippen LogP contribution in [0.15, 0.2) is 36.4 Å². The van der Waals surface area contributed by atoms with Crippen molar-refractivity contribution in [3.05, 3.63) is 42.0 Å². The second kappa shape index (κ2) is 22.4. The summed E-state index contributed by atoms with van der Waals surface area (Å²) in [4.78, 5) is 0. The van der Waals surface area contributed by atoms with E-state index >= 15 is 0 Å². The molecule has 0 aliphatic carbocycles. The van der Waals surface area contributed by atoms with Crippen LogP contribution in [0.2, 0.25) is 0 Å². The Morgan fingerprint density at radius 1 is 0.792 bits per heavy atom. The van der Waals surface area contributed by atoms with Crippen LogP contribution in [0.3, 0.4) is 0 Å². The SMILES string of the molecule is CCC[O-].CCC[O-].CCC[O-].CCc1cccc2[cH-]ccc12.[Ti+4]. The molecular weight excluding hydrogens is 336 g/mol. The summed E-state index contributed by atoms with van der Waals surface area (Å²) in [5.41, 5.74) is 1.45. The number of fused-ring (bicyclic) bond motifs is 1. The predicted molar refractivity (Wildman–Crippen MR) is 94.4 cm³/mol. The first-order valence-corrected chi connectivity index (χ1v) is 8.54. The van der Waals surface area contributed by atoms with E-state index in [0.29, 0.717) is 0 Å². The topological polar surface area (TPSA) is 69.2 Å². The van der Waals surface area contributed by atoms with Crippen LogP contribution in [0.4, 0.5) is 0 Å². The van der Waals surface area contributed by atoms with Gasteiger partial charge >= 0.3 is 21.7 Å². The Hall–Kier alpha value is -0.576. The van der Waals surface area contributed by atoms with Crippen LogP contribution in [-0.2, 0) is 28.1 Å². The molecule has 0 bridgehead atoms. The largest absolute Gasteiger partial charge is 4.00 e. The molecule has 24 heavy (non-hydrogen) atoms. The molecule has 3 nitrogen and oxygen atoms in total. The molecule has 0 saturated heterocycles. The van der Waals surface area contributed by atoms with E-state index in [4.69, 9.17) is 0 Å². The molecule has 0 aromatic heterocycles. The van der Waals surface area contributed by atoms with Gasteiger partial charge in [0.05, 0.1) is 0 Å². The van der Waals surface area contributed by atoms with Gasteiger partial charge < -0.3 is 15.3 Å². The van der Waals surface area contributed by atoms with Gasteiger partial charge in [-0.2, -0.15) is 12.1 Å². The molecule has 0 aliphatic heterocycles. The molecule has 0 atom stereocenters. The summed E-state index contributed by atoms with van der Waals surface area (Å²) in [5.74, 6) is 0. The molecule has 2 aromatic carbocycles. The molecule has 134 valence electrons. The van der Waals surface area contributed by atoms with E-state index in [1.165, 1.54) is 16.3 Å². The maximum atomic E-state index is 9.30. The molecule has 0 amide bonds. The fraction of sp³-hybridized carbons (Fsp3) is 0.550. The second-order valence-electron chi connectivity index (χ2n) is 4.91. The van der Waals surface area contributed by atoms with Crippen molar-refractivity contribution in [1.82, 2.24) is 0 Å². The van der Waals surface area contributed by atoms with Gasteiger partial charge in [0, 0.05) is 0 Å². The molecule has 0 aliphatic rings. The molecule has 2 rings (SSSR count). The quantitative estimate of drug-likeness (QED) is 0.615. The maximum absolute atomic E-state index is 9.30. The Labute approximate surface area is 163 Å². The molecule has 0 fully saturated rings. The fourth-order valence-electron chi connectivity index (χ4n) is 1.54. The number of rotatable bonds is 4. The van der Waals surface area contributed by atoms with E-state index in [-0.39, 0.29) is 41.5 Å². The third kappa shape index (κ3) is 15.0. The van der Waals surface area contributed by atoms with Crippen LogP contribution in [0, 0.1) is 0 Å². The van der Waals surface area contributed by atoms with Crippen molar-refractivity contribution < 1.29 is 37.0 Å². The third-order valence-electron chi connectivity index (χ3n) is 2.76. The molecule has 0 spiro atoms. The monoisotopic (exact) mass is 368 g/mol. The van der Waals surface area contributed by atoms with Crippen molar-refractivity contribution in [1.29, 1.82) is 0 Å². The molecule has 0 heterocycles. The van der Waals surface area contributed by atoms with E-state index in [9.17, 15) is 15.3 Å². The van der Waals surface area contributed by atoms with Crippen LogP contribution >= 0.6 is 0 Å². The van der Waals surface area contributed by atoms with Gasteiger partial charge in [-0.3, -0.25) is 0 Å². The van der Waals surface area contributed by atoms with Crippen LogP contribution < -0.4 is 15.3 Å². The fourth-order valence-corrected chi connectivity index (χ4v) is 1.54. The third-order valence-corrected chi connectivity index (χ3v) is 2.76. The Balaban J connectivity index is -0.000000288. The van der Waals surface area contributed by atoms with Crippen LogP contribution in [-0.4, -0.2) is 19.8 Å². The minimum atomic E-state index is 0. The Kier molecular flexibility index (Phi) is 26.4. The number of hydrogen-bond donors (Lipinski definition) is 0.